The molecule has 2 aliphatic heterocycles. The largest absolute Gasteiger partial charge is 0.496 e. The molecule has 6 atom stereocenters. The number of benzene rings is 2. The summed E-state index contributed by atoms with van der Waals surface area (Å²) in [4.78, 5) is 81.3. The quantitative estimate of drug-likeness (QED) is 0.0574. The fourth-order valence-corrected chi connectivity index (χ4v) is 9.10. The van der Waals surface area contributed by atoms with Gasteiger partial charge in [-0.15, -0.1) is 0 Å². The second kappa shape index (κ2) is 24.5. The Kier molecular flexibility index (Phi) is 19.8. The molecule has 19 heteroatoms. The fourth-order valence-electron chi connectivity index (χ4n) is 9.10. The zero-order valence-electron chi connectivity index (χ0n) is 46.1. The number of aromatic amines is 2. The number of esters is 2. The molecule has 4 heterocycles. The highest BCUT2D eigenvalue weighted by molar-refractivity contribution is 5.94. The van der Waals surface area contributed by atoms with Gasteiger partial charge in [0.1, 0.15) is 46.9 Å². The van der Waals surface area contributed by atoms with E-state index in [1.165, 1.54) is 37.8 Å². The Bertz CT molecular complexity index is 2620. The van der Waals surface area contributed by atoms with Gasteiger partial charge in [0, 0.05) is 64.2 Å². The topological polar surface area (TPSA) is 249 Å². The Morgan fingerprint density at radius 3 is 1.53 bits per heavy atom. The van der Waals surface area contributed by atoms with E-state index in [0.29, 0.717) is 25.2 Å². The molecule has 0 fully saturated rings. The number of nitrogens with zero attached hydrogens (tertiary/aromatic N) is 1. The van der Waals surface area contributed by atoms with Crippen LogP contribution in [0.4, 0.5) is 9.59 Å². The fraction of sp³-hybridized carbons (Fsp3) is 0.593. The smallest absolute Gasteiger partial charge is 0.408 e. The van der Waals surface area contributed by atoms with Crippen LogP contribution < -0.4 is 25.4 Å². The minimum absolute atomic E-state index is 0.122. The van der Waals surface area contributed by atoms with E-state index in [2.05, 4.69) is 65.7 Å². The Morgan fingerprint density at radius 2 is 1.11 bits per heavy atom. The lowest BCUT2D eigenvalue weighted by Crippen LogP contribution is -2.57. The number of aromatic nitrogens is 2. The molecule has 3 amide bonds. The molecule has 2 aliphatic rings. The predicted octanol–water partition coefficient (Wildman–Crippen LogP) is 8.66. The molecule has 404 valence electrons. The molecule has 4 aromatic rings. The van der Waals surface area contributed by atoms with Gasteiger partial charge in [0.15, 0.2) is 0 Å². The van der Waals surface area contributed by atoms with Crippen molar-refractivity contribution in [3.63, 3.8) is 0 Å². The van der Waals surface area contributed by atoms with Crippen LogP contribution in [-0.4, -0.2) is 120 Å². The van der Waals surface area contributed by atoms with Gasteiger partial charge in [-0.2, -0.15) is 0 Å². The maximum absolute atomic E-state index is 13.8. The van der Waals surface area contributed by atoms with Crippen molar-refractivity contribution < 1.29 is 62.3 Å². The second-order valence-electron chi connectivity index (χ2n) is 21.6. The first-order chi connectivity index (χ1) is 33.9. The molecule has 0 saturated carbocycles. The normalized spacial score (nSPS) is 18.2. The number of carboxylic acid groups (broad SMARTS) is 1. The lowest BCUT2D eigenvalue weighted by molar-refractivity contribution is -0.157. The number of ether oxygens (including phenoxy) is 6. The molecule has 2 aromatic carbocycles. The van der Waals surface area contributed by atoms with Crippen LogP contribution in [0.25, 0.3) is 21.8 Å². The minimum atomic E-state index is -1.09. The van der Waals surface area contributed by atoms with Crippen molar-refractivity contribution in [1.29, 1.82) is 0 Å². The number of carbonyl (C=O) groups is 6. The third kappa shape index (κ3) is 15.3. The van der Waals surface area contributed by atoms with E-state index in [-0.39, 0.29) is 29.9 Å². The summed E-state index contributed by atoms with van der Waals surface area (Å²) >= 11 is 0. The summed E-state index contributed by atoms with van der Waals surface area (Å²) < 4.78 is 31.2. The Balaban J connectivity index is 0.000000267. The standard InChI is InChI=1S/C27H39N3O6.C19H26N2O3.C8H15NO4/c1-14(2)10-20-23-18(17-11-15(3)22(34-8)13-19(17)29-23)12-21(25(32)35-9)30(20)24(31)16(4)28-26(33)36-27(5,6)7;1-10(2)6-15-18-13(8-16(20-15)19(22)24-5)12-7-11(3)17(23-4)9-14(12)21-18;1-5(6(10)11)9-7(12)13-8(2,3)4/h11,13-14,16,20-21,29H,10,12H2,1-9H3,(H,28,33);7,9-10,15-16,20-21H,6,8H2,1-5H3;5H,1-4H3,(H,9,12)(H,10,11)/t16-,20-,21-;15-,16-;5-/m000/s1. The zero-order valence-corrected chi connectivity index (χ0v) is 46.1. The van der Waals surface area contributed by atoms with Crippen LogP contribution in [0.1, 0.15) is 142 Å². The highest BCUT2D eigenvalue weighted by Crippen LogP contribution is 2.43. The maximum Gasteiger partial charge on any atom is 0.408 e. The molecule has 19 nitrogen and oxygen atoms in total. The van der Waals surface area contributed by atoms with Crippen molar-refractivity contribution in [2.24, 2.45) is 11.8 Å². The van der Waals surface area contributed by atoms with E-state index < -0.39 is 59.5 Å². The van der Waals surface area contributed by atoms with Crippen molar-refractivity contribution in [3.05, 3.63) is 57.9 Å². The van der Waals surface area contributed by atoms with Crippen LogP contribution in [-0.2, 0) is 51.0 Å². The molecule has 73 heavy (non-hydrogen) atoms. The number of hydrogen-bond acceptors (Lipinski definition) is 13. The molecule has 6 rings (SSSR count). The number of aryl methyl sites for hydroxylation is 2. The summed E-state index contributed by atoms with van der Waals surface area (Å²) in [5.41, 5.74) is 7.00. The number of carboxylic acids is 1. The Labute approximate surface area is 429 Å². The number of hydrogen-bond donors (Lipinski definition) is 6. The summed E-state index contributed by atoms with van der Waals surface area (Å²) in [7, 11) is 6.09. The first-order valence-corrected chi connectivity index (χ1v) is 24.8. The van der Waals surface area contributed by atoms with Crippen molar-refractivity contribution in [3.8, 4) is 11.5 Å². The molecule has 0 radical (unpaired) electrons. The van der Waals surface area contributed by atoms with E-state index in [1.54, 1.807) is 67.6 Å². The molecule has 0 bridgehead atoms. The van der Waals surface area contributed by atoms with Crippen molar-refractivity contribution in [2.45, 2.75) is 170 Å². The first-order valence-electron chi connectivity index (χ1n) is 24.8. The van der Waals surface area contributed by atoms with E-state index in [9.17, 15) is 28.8 Å². The van der Waals surface area contributed by atoms with Crippen LogP contribution in [0.5, 0.6) is 11.5 Å². The van der Waals surface area contributed by atoms with Gasteiger partial charge in [0.2, 0.25) is 5.91 Å². The monoisotopic (exact) mass is 1020 g/mol. The highest BCUT2D eigenvalue weighted by Gasteiger charge is 2.45. The van der Waals surface area contributed by atoms with Gasteiger partial charge in [-0.1, -0.05) is 27.7 Å². The van der Waals surface area contributed by atoms with Crippen LogP contribution in [0.15, 0.2) is 24.3 Å². The summed E-state index contributed by atoms with van der Waals surface area (Å²) in [5.74, 6) is 0.223. The molecular formula is C54H80N6O13. The average Bonchev–Trinajstić information content (AvgIpc) is 3.83. The molecular weight excluding hydrogens is 941 g/mol. The zero-order chi connectivity index (χ0) is 55.0. The third-order valence-corrected chi connectivity index (χ3v) is 12.3. The summed E-state index contributed by atoms with van der Waals surface area (Å²) in [5, 5.41) is 18.9. The van der Waals surface area contributed by atoms with E-state index in [1.807, 2.05) is 26.0 Å². The van der Waals surface area contributed by atoms with Crippen LogP contribution in [0.2, 0.25) is 0 Å². The van der Waals surface area contributed by atoms with Crippen molar-refractivity contribution >= 4 is 57.8 Å². The van der Waals surface area contributed by atoms with E-state index >= 15 is 0 Å². The number of rotatable bonds is 12. The summed E-state index contributed by atoms with van der Waals surface area (Å²) in [6, 6.07) is 4.93. The van der Waals surface area contributed by atoms with Gasteiger partial charge in [0.25, 0.3) is 0 Å². The van der Waals surface area contributed by atoms with E-state index in [0.717, 1.165) is 56.7 Å². The van der Waals surface area contributed by atoms with Gasteiger partial charge < -0.3 is 59.0 Å². The number of carbonyl (C=O) groups excluding carboxylic acids is 5. The molecule has 6 N–H and O–H groups in total. The van der Waals surface area contributed by atoms with Crippen molar-refractivity contribution in [2.75, 3.05) is 28.4 Å². The number of methoxy groups -OCH3 is 4. The lowest BCUT2D eigenvalue weighted by atomic mass is 9.86. The number of amides is 3. The van der Waals surface area contributed by atoms with Crippen LogP contribution in [0, 0.1) is 25.7 Å². The number of aliphatic carboxylic acids is 1. The van der Waals surface area contributed by atoms with E-state index in [4.69, 9.17) is 33.5 Å². The van der Waals surface area contributed by atoms with Gasteiger partial charge in [-0.05, 0) is 128 Å². The molecule has 0 saturated heterocycles. The Hall–Kier alpha value is -6.50. The van der Waals surface area contributed by atoms with Gasteiger partial charge in [0.05, 0.1) is 34.5 Å². The van der Waals surface area contributed by atoms with Gasteiger partial charge in [-0.25, -0.2) is 14.4 Å². The summed E-state index contributed by atoms with van der Waals surface area (Å²) in [6.07, 6.45) is 1.11. The Morgan fingerprint density at radius 1 is 0.658 bits per heavy atom. The molecule has 2 aromatic heterocycles. The van der Waals surface area contributed by atoms with Crippen LogP contribution in [0.3, 0.4) is 0 Å². The molecule has 0 spiro atoms. The number of nitrogens with one attached hydrogen (secondary N) is 5. The molecule has 0 unspecified atom stereocenters. The number of fused-ring (bicyclic) bond motifs is 6. The maximum atomic E-state index is 13.8. The summed E-state index contributed by atoms with van der Waals surface area (Å²) in [6.45, 7) is 25.9. The van der Waals surface area contributed by atoms with Gasteiger partial charge in [-0.3, -0.25) is 19.7 Å². The third-order valence-electron chi connectivity index (χ3n) is 12.3. The lowest BCUT2D eigenvalue weighted by Gasteiger charge is -2.42. The first kappa shape index (κ1) is 59.1. The van der Waals surface area contributed by atoms with Crippen molar-refractivity contribution in [1.82, 2.24) is 30.8 Å². The SMILES string of the molecule is COC(=O)[C@@H]1Cc2c([nH]c3cc(OC)c(C)cc23)[C@H](CC(C)C)N1.COC(=O)[C@@H]1Cc2c([nH]c3cc(OC)c(C)cc23)[C@H](CC(C)C)N1C(=O)[C@H](C)NC(=O)OC(C)(C)C.C[C@H](NC(=O)OC(C)(C)C)C(=O)O. The average molecular weight is 1020 g/mol. The van der Waals surface area contributed by atoms with Gasteiger partial charge >= 0.3 is 30.1 Å². The number of H-pyrrole nitrogens is 2. The minimum Gasteiger partial charge on any atom is -0.496 e. The van der Waals surface area contributed by atoms with Crippen LogP contribution >= 0.6 is 0 Å². The second-order valence-corrected chi connectivity index (χ2v) is 21.6. The molecule has 0 aliphatic carbocycles. The number of alkyl carbamates (subject to hydrolysis) is 2. The predicted molar refractivity (Wildman–Crippen MR) is 278 cm³/mol. The highest BCUT2D eigenvalue weighted by atomic mass is 16.6.